The molecule has 8 heteroatoms. The van der Waals surface area contributed by atoms with E-state index in [4.69, 9.17) is 11.6 Å². The zero-order valence-electron chi connectivity index (χ0n) is 12.4. The Morgan fingerprint density at radius 1 is 1.30 bits per heavy atom. The highest BCUT2D eigenvalue weighted by Gasteiger charge is 2.35. The first-order valence-corrected chi connectivity index (χ1v) is 7.57. The Bertz CT molecular complexity index is 674. The second-order valence-corrected chi connectivity index (χ2v) is 5.11. The van der Waals surface area contributed by atoms with E-state index >= 15 is 0 Å². The fourth-order valence-corrected chi connectivity index (χ4v) is 2.32. The summed E-state index contributed by atoms with van der Waals surface area (Å²) in [7, 11) is 0. The number of ketones is 1. The summed E-state index contributed by atoms with van der Waals surface area (Å²) in [6.45, 7) is 2.01. The number of hydrogen-bond acceptors (Lipinski definition) is 5. The van der Waals surface area contributed by atoms with Crippen LogP contribution in [0, 0.1) is 0 Å². The van der Waals surface area contributed by atoms with Crippen molar-refractivity contribution in [2.24, 2.45) is 0 Å². The molecule has 1 aliphatic rings. The van der Waals surface area contributed by atoms with Gasteiger partial charge in [0.1, 0.15) is 0 Å². The Hall–Kier alpha value is -2.41. The van der Waals surface area contributed by atoms with Crippen LogP contribution in [0.25, 0.3) is 0 Å². The van der Waals surface area contributed by atoms with E-state index < -0.39 is 23.6 Å². The average molecular weight is 339 g/mol. The fourth-order valence-electron chi connectivity index (χ4n) is 2.20. The van der Waals surface area contributed by atoms with Gasteiger partial charge in [-0.2, -0.15) is 0 Å². The lowest BCUT2D eigenvalue weighted by Gasteiger charge is -2.15. The molecule has 0 radical (unpaired) electrons. The highest BCUT2D eigenvalue weighted by atomic mass is 35.5. The van der Waals surface area contributed by atoms with Gasteiger partial charge >= 0.3 is 11.9 Å². The molecule has 0 atom stereocenters. The average Bonchev–Trinajstić information content (AvgIpc) is 2.77. The number of nitrogens with zero attached hydrogens (tertiary/aromatic N) is 1. The maximum Gasteiger partial charge on any atom is 0.397 e. The minimum atomic E-state index is -1.01. The summed E-state index contributed by atoms with van der Waals surface area (Å²) < 4.78 is 4.58. The summed E-state index contributed by atoms with van der Waals surface area (Å²) in [5, 5.41) is 2.33. The fraction of sp³-hybridized carbons (Fsp3) is 0.333. The largest absolute Gasteiger partial charge is 0.459 e. The molecule has 0 spiro atoms. The number of amides is 2. The SMILES string of the molecule is CCOC(=O)C(=O)Nc1ccc2c(c1)C(=O)C(=O)N2CCCCl. The number of halogens is 1. The number of esters is 1. The first kappa shape index (κ1) is 17.0. The minimum Gasteiger partial charge on any atom is -0.459 e. The molecule has 1 heterocycles. The smallest absolute Gasteiger partial charge is 0.397 e. The van der Waals surface area contributed by atoms with Crippen molar-refractivity contribution >= 4 is 46.5 Å². The molecule has 23 heavy (non-hydrogen) atoms. The second-order valence-electron chi connectivity index (χ2n) is 4.73. The summed E-state index contributed by atoms with van der Waals surface area (Å²) >= 11 is 5.61. The molecule has 122 valence electrons. The van der Waals surface area contributed by atoms with E-state index in [1.54, 1.807) is 13.0 Å². The lowest BCUT2D eigenvalue weighted by Crippen LogP contribution is -2.30. The van der Waals surface area contributed by atoms with Gasteiger partial charge in [0.15, 0.2) is 0 Å². The first-order chi connectivity index (χ1) is 11.0. The van der Waals surface area contributed by atoms with Crippen molar-refractivity contribution in [2.45, 2.75) is 13.3 Å². The molecule has 0 aliphatic carbocycles. The third kappa shape index (κ3) is 3.50. The van der Waals surface area contributed by atoms with E-state index in [1.165, 1.54) is 17.0 Å². The zero-order valence-corrected chi connectivity index (χ0v) is 13.2. The van der Waals surface area contributed by atoms with E-state index in [1.807, 2.05) is 0 Å². The molecule has 7 nitrogen and oxygen atoms in total. The lowest BCUT2D eigenvalue weighted by atomic mass is 10.1. The predicted molar refractivity (Wildman–Crippen MR) is 83.7 cm³/mol. The van der Waals surface area contributed by atoms with Gasteiger partial charge in [-0.1, -0.05) is 0 Å². The van der Waals surface area contributed by atoms with Crippen molar-refractivity contribution in [1.82, 2.24) is 0 Å². The number of carbonyl (C=O) groups excluding carboxylic acids is 4. The van der Waals surface area contributed by atoms with E-state index in [0.717, 1.165) is 0 Å². The van der Waals surface area contributed by atoms with Gasteiger partial charge in [-0.15, -0.1) is 11.6 Å². The van der Waals surface area contributed by atoms with Crippen LogP contribution in [0.2, 0.25) is 0 Å². The van der Waals surface area contributed by atoms with Gasteiger partial charge in [-0.05, 0) is 31.5 Å². The van der Waals surface area contributed by atoms with Crippen LogP contribution in [0.3, 0.4) is 0 Å². The van der Waals surface area contributed by atoms with Crippen molar-refractivity contribution in [3.8, 4) is 0 Å². The number of fused-ring (bicyclic) bond motifs is 1. The Balaban J connectivity index is 2.20. The molecule has 2 rings (SSSR count). The molecular formula is C15H15ClN2O5. The molecule has 1 aliphatic heterocycles. The molecule has 0 saturated heterocycles. The van der Waals surface area contributed by atoms with E-state index in [-0.39, 0.29) is 17.9 Å². The lowest BCUT2D eigenvalue weighted by molar-refractivity contribution is -0.152. The number of alkyl halides is 1. The highest BCUT2D eigenvalue weighted by molar-refractivity contribution is 6.52. The van der Waals surface area contributed by atoms with E-state index in [2.05, 4.69) is 10.1 Å². The highest BCUT2D eigenvalue weighted by Crippen LogP contribution is 2.31. The zero-order chi connectivity index (χ0) is 17.0. The van der Waals surface area contributed by atoms with Crippen LogP contribution >= 0.6 is 11.6 Å². The maximum absolute atomic E-state index is 12.0. The Morgan fingerprint density at radius 2 is 2.04 bits per heavy atom. The van der Waals surface area contributed by atoms with Gasteiger partial charge in [0.2, 0.25) is 0 Å². The summed E-state index contributed by atoms with van der Waals surface area (Å²) in [5.41, 5.74) is 0.896. The molecule has 0 aromatic heterocycles. The van der Waals surface area contributed by atoms with Crippen molar-refractivity contribution < 1.29 is 23.9 Å². The van der Waals surface area contributed by atoms with Crippen LogP contribution in [0.15, 0.2) is 18.2 Å². The summed E-state index contributed by atoms with van der Waals surface area (Å²) in [6, 6.07) is 4.43. The Labute approximate surface area is 137 Å². The first-order valence-electron chi connectivity index (χ1n) is 7.04. The van der Waals surface area contributed by atoms with Gasteiger partial charge < -0.3 is 15.0 Å². The molecule has 0 saturated carbocycles. The third-order valence-corrected chi connectivity index (χ3v) is 3.47. The third-order valence-electron chi connectivity index (χ3n) is 3.21. The number of nitrogens with one attached hydrogen (secondary N) is 1. The van der Waals surface area contributed by atoms with Gasteiger partial charge in [0, 0.05) is 18.1 Å². The number of benzene rings is 1. The van der Waals surface area contributed by atoms with E-state index in [0.29, 0.717) is 24.5 Å². The second kappa shape index (κ2) is 7.23. The Morgan fingerprint density at radius 3 is 2.70 bits per heavy atom. The summed E-state index contributed by atoms with van der Waals surface area (Å²) in [5.74, 6) is -2.86. The van der Waals surface area contributed by atoms with Crippen LogP contribution in [-0.4, -0.2) is 42.6 Å². The number of Topliss-reactive ketones (excluding diaryl/α,β-unsaturated/α-hetero) is 1. The number of anilines is 2. The molecular weight excluding hydrogens is 324 g/mol. The van der Waals surface area contributed by atoms with Crippen LogP contribution in [-0.2, 0) is 19.1 Å². The monoisotopic (exact) mass is 338 g/mol. The predicted octanol–water partition coefficient (Wildman–Crippen LogP) is 1.35. The number of ether oxygens (including phenoxy) is 1. The molecule has 0 unspecified atom stereocenters. The van der Waals surface area contributed by atoms with Crippen molar-refractivity contribution in [3.63, 3.8) is 0 Å². The van der Waals surface area contributed by atoms with Crippen LogP contribution in [0.1, 0.15) is 23.7 Å². The normalized spacial score (nSPS) is 13.0. The van der Waals surface area contributed by atoms with Gasteiger partial charge in [-0.3, -0.25) is 14.4 Å². The standard InChI is InChI=1S/C15H15ClN2O5/c1-2-23-15(22)13(20)17-9-4-5-11-10(8-9)12(19)14(21)18(11)7-3-6-16/h4-5,8H,2-3,6-7H2,1H3,(H,17,20). The van der Waals surface area contributed by atoms with Gasteiger partial charge in [0.25, 0.3) is 11.7 Å². The number of rotatable bonds is 5. The quantitative estimate of drug-likeness (QED) is 0.497. The van der Waals surface area contributed by atoms with Crippen LogP contribution in [0.5, 0.6) is 0 Å². The molecule has 0 fully saturated rings. The summed E-state index contributed by atoms with van der Waals surface area (Å²) in [4.78, 5) is 48.2. The van der Waals surface area contributed by atoms with Crippen LogP contribution < -0.4 is 10.2 Å². The maximum atomic E-state index is 12.0. The van der Waals surface area contributed by atoms with Gasteiger partial charge in [-0.25, -0.2) is 4.79 Å². The van der Waals surface area contributed by atoms with Crippen molar-refractivity contribution in [3.05, 3.63) is 23.8 Å². The van der Waals surface area contributed by atoms with E-state index in [9.17, 15) is 19.2 Å². The molecule has 1 N–H and O–H groups in total. The Kier molecular flexibility index (Phi) is 5.33. The van der Waals surface area contributed by atoms with Crippen molar-refractivity contribution in [1.29, 1.82) is 0 Å². The number of hydrogen-bond donors (Lipinski definition) is 1. The topological polar surface area (TPSA) is 92.8 Å². The van der Waals surface area contributed by atoms with Crippen LogP contribution in [0.4, 0.5) is 11.4 Å². The number of carbonyl (C=O) groups is 4. The molecule has 1 aromatic carbocycles. The molecule has 0 bridgehead atoms. The van der Waals surface area contributed by atoms with Crippen molar-refractivity contribution in [2.75, 3.05) is 29.2 Å². The summed E-state index contributed by atoms with van der Waals surface area (Å²) in [6.07, 6.45) is 0.557. The molecule has 2 amide bonds. The molecule has 1 aromatic rings. The minimum absolute atomic E-state index is 0.0823. The van der Waals surface area contributed by atoms with Gasteiger partial charge in [0.05, 0.1) is 17.9 Å².